The maximum absolute atomic E-state index is 13.6. The number of aliphatic hydroxyl groups excluding tert-OH is 11. The first-order chi connectivity index (χ1) is 56.8. The third-order valence-electron chi connectivity index (χ3n) is 25.3. The summed E-state index contributed by atoms with van der Waals surface area (Å²) in [7, 11) is 0. The maximum atomic E-state index is 13.6. The number of rotatable bonds is 84. The Labute approximate surface area is 709 Å². The van der Waals surface area contributed by atoms with Crippen molar-refractivity contribution in [1.29, 1.82) is 0 Å². The van der Waals surface area contributed by atoms with Crippen molar-refractivity contribution in [2.45, 2.75) is 574 Å². The van der Waals surface area contributed by atoms with E-state index in [1.807, 2.05) is 0 Å². The van der Waals surface area contributed by atoms with Gasteiger partial charge in [-0.05, 0) is 38.5 Å². The number of ether oxygens (including phenoxy) is 6. The van der Waals surface area contributed by atoms with Crippen molar-refractivity contribution in [2.24, 2.45) is 0 Å². The molecule has 3 aliphatic rings. The number of aliphatic hydroxyl groups is 11. The lowest BCUT2D eigenvalue weighted by molar-refractivity contribution is -0.379. The topological polar surface area (TPSA) is 307 Å². The summed E-state index contributed by atoms with van der Waals surface area (Å²) in [6.45, 7) is 1.89. The Bertz CT molecular complexity index is 2130. The van der Waals surface area contributed by atoms with E-state index in [2.05, 4.69) is 31.3 Å². The van der Waals surface area contributed by atoms with Gasteiger partial charge >= 0.3 is 0 Å². The van der Waals surface area contributed by atoms with Crippen LogP contribution in [0.25, 0.3) is 0 Å². The quantitative estimate of drug-likeness (QED) is 0.0199. The molecule has 19 nitrogen and oxygen atoms in total. The van der Waals surface area contributed by atoms with Crippen LogP contribution in [0, 0.1) is 0 Å². The average molecular weight is 1660 g/mol. The summed E-state index contributed by atoms with van der Waals surface area (Å²) in [5.41, 5.74) is 0. The molecule has 0 bridgehead atoms. The largest absolute Gasteiger partial charge is 0.394 e. The van der Waals surface area contributed by atoms with Gasteiger partial charge in [0.1, 0.15) is 73.2 Å². The molecular weight excluding hydrogens is 1470 g/mol. The Balaban J connectivity index is 1.27. The minimum Gasteiger partial charge on any atom is -0.394 e. The van der Waals surface area contributed by atoms with Gasteiger partial charge in [-0.3, -0.25) is 4.79 Å². The van der Waals surface area contributed by atoms with Gasteiger partial charge in [0, 0.05) is 6.42 Å². The molecule has 0 spiro atoms. The smallest absolute Gasteiger partial charge is 0.220 e. The normalized spacial score (nSPS) is 24.4. The molecule has 1 amide bonds. The Hall–Kier alpha value is -1.47. The van der Waals surface area contributed by atoms with Crippen molar-refractivity contribution in [2.75, 3.05) is 26.4 Å². The van der Waals surface area contributed by atoms with Crippen molar-refractivity contribution in [1.82, 2.24) is 5.32 Å². The minimum atomic E-state index is -1.97. The Morgan fingerprint density at radius 3 is 0.836 bits per heavy atom. The Morgan fingerprint density at radius 1 is 0.302 bits per heavy atom. The molecule has 19 heteroatoms. The number of hydrogen-bond acceptors (Lipinski definition) is 18. The molecule has 0 aromatic heterocycles. The van der Waals surface area contributed by atoms with E-state index in [4.69, 9.17) is 28.4 Å². The van der Waals surface area contributed by atoms with Crippen molar-refractivity contribution in [3.63, 3.8) is 0 Å². The van der Waals surface area contributed by atoms with Gasteiger partial charge in [-0.15, -0.1) is 0 Å². The van der Waals surface area contributed by atoms with Crippen LogP contribution < -0.4 is 5.32 Å². The predicted octanol–water partition coefficient (Wildman–Crippen LogP) is 20.6. The van der Waals surface area contributed by atoms with Gasteiger partial charge in [-0.2, -0.15) is 0 Å². The maximum Gasteiger partial charge on any atom is 0.220 e. The lowest BCUT2D eigenvalue weighted by atomic mass is 9.96. The summed E-state index contributed by atoms with van der Waals surface area (Å²) in [5, 5.41) is 122. The van der Waals surface area contributed by atoms with Gasteiger partial charge < -0.3 is 89.9 Å². The molecule has 116 heavy (non-hydrogen) atoms. The fourth-order valence-electron chi connectivity index (χ4n) is 17.4. The number of unbranched alkanes of at least 4 members (excludes halogenated alkanes) is 66. The minimum absolute atomic E-state index is 0.230. The van der Waals surface area contributed by atoms with E-state index in [1.165, 1.54) is 392 Å². The van der Waals surface area contributed by atoms with E-state index in [-0.39, 0.29) is 18.9 Å². The molecule has 688 valence electrons. The lowest BCUT2D eigenvalue weighted by Crippen LogP contribution is -2.66. The van der Waals surface area contributed by atoms with Gasteiger partial charge in [0.2, 0.25) is 5.91 Å². The summed E-state index contributed by atoms with van der Waals surface area (Å²) < 4.78 is 34.7. The number of nitrogens with one attached hydrogen (secondary N) is 1. The summed E-state index contributed by atoms with van der Waals surface area (Å²) in [6.07, 6.45) is 70.7. The average Bonchev–Trinajstić information content (AvgIpc) is 0.779. The van der Waals surface area contributed by atoms with Gasteiger partial charge in [-0.25, -0.2) is 0 Å². The molecule has 12 N–H and O–H groups in total. The van der Waals surface area contributed by atoms with Crippen LogP contribution in [0.5, 0.6) is 0 Å². The monoisotopic (exact) mass is 1650 g/mol. The first kappa shape index (κ1) is 109. The number of carbonyl (C=O) groups excluding carboxylic acids is 1. The molecule has 17 atom stereocenters. The van der Waals surface area contributed by atoms with E-state index < -0.39 is 124 Å². The number of allylic oxidation sites excluding steroid dienone is 2. The van der Waals surface area contributed by atoms with Crippen LogP contribution in [-0.2, 0) is 33.2 Å². The van der Waals surface area contributed by atoms with E-state index >= 15 is 0 Å². The molecule has 3 aliphatic heterocycles. The molecule has 3 rings (SSSR count). The van der Waals surface area contributed by atoms with Crippen LogP contribution in [0.2, 0.25) is 0 Å². The third kappa shape index (κ3) is 54.3. The Morgan fingerprint density at radius 2 is 0.543 bits per heavy atom. The molecule has 0 saturated carbocycles. The number of hydrogen-bond donors (Lipinski definition) is 12. The standard InChI is InChI=1S/C97H187NO18/c1-3-5-7-9-11-13-15-17-19-21-23-25-27-29-31-33-35-37-38-39-40-41-42-43-45-47-49-51-53-55-57-59-61-63-65-67-69-71-73-75-85(103)98-80(81(102)74-72-70-68-66-64-62-60-58-56-54-52-50-48-46-44-36-34-32-30-28-26-24-22-20-18-16-14-12-10-8-6-4-2)79-111-95-91(109)88(106)93(83(77-100)113-95)116-97-92(110)89(107)94(84(78-101)114-97)115-96-90(108)87(105)86(104)82(76-99)112-96/h21,23,80-84,86-97,99-102,104-110H,3-20,22,24-79H2,1-2H3,(H,98,103)/b23-21-. The molecule has 3 heterocycles. The zero-order chi connectivity index (χ0) is 83.8. The van der Waals surface area contributed by atoms with E-state index in [9.17, 15) is 61.0 Å². The number of amides is 1. The number of carbonyl (C=O) groups is 1. The second-order valence-corrected chi connectivity index (χ2v) is 36.0. The Kier molecular flexibility index (Phi) is 72.3. The van der Waals surface area contributed by atoms with Crippen LogP contribution in [0.15, 0.2) is 12.2 Å². The highest BCUT2D eigenvalue weighted by Crippen LogP contribution is 2.34. The van der Waals surface area contributed by atoms with Gasteiger partial charge in [0.15, 0.2) is 18.9 Å². The van der Waals surface area contributed by atoms with Crippen LogP contribution in [0.1, 0.15) is 470 Å². The van der Waals surface area contributed by atoms with Crippen LogP contribution >= 0.6 is 0 Å². The SMILES string of the molecule is CCCCCCCCCC/C=C\CCCCCCCCCCCCCCCCCCCCCCCCCCCCCC(=O)NC(COC1OC(CO)C(OC2OC(CO)C(OC3OC(CO)C(O)C(O)C3O)C(O)C2O)C(O)C1O)C(O)CCCCCCCCCCCCCCCCCCCCCCCCCCCCCCCCCC. The summed E-state index contributed by atoms with van der Waals surface area (Å²) >= 11 is 0. The predicted molar refractivity (Wildman–Crippen MR) is 471 cm³/mol. The zero-order valence-electron chi connectivity index (χ0n) is 74.8. The van der Waals surface area contributed by atoms with Crippen LogP contribution in [-0.4, -0.2) is 193 Å². The summed E-state index contributed by atoms with van der Waals surface area (Å²) in [6, 6.07) is -0.886. The van der Waals surface area contributed by atoms with Crippen LogP contribution in [0.3, 0.4) is 0 Å². The summed E-state index contributed by atoms with van der Waals surface area (Å²) in [4.78, 5) is 13.6. The first-order valence-corrected chi connectivity index (χ1v) is 49.9. The molecular formula is C97H187NO18. The third-order valence-corrected chi connectivity index (χ3v) is 25.3. The van der Waals surface area contributed by atoms with E-state index in [1.54, 1.807) is 0 Å². The highest BCUT2D eigenvalue weighted by atomic mass is 16.8. The van der Waals surface area contributed by atoms with Crippen molar-refractivity contribution >= 4 is 5.91 Å². The van der Waals surface area contributed by atoms with Gasteiger partial charge in [0.25, 0.3) is 0 Å². The molecule has 0 aromatic carbocycles. The fraction of sp³-hybridized carbons (Fsp3) is 0.969. The van der Waals surface area contributed by atoms with Crippen molar-refractivity contribution in [3.8, 4) is 0 Å². The first-order valence-electron chi connectivity index (χ1n) is 49.9. The fourth-order valence-corrected chi connectivity index (χ4v) is 17.4. The van der Waals surface area contributed by atoms with Gasteiger partial charge in [-0.1, -0.05) is 437 Å². The second-order valence-electron chi connectivity index (χ2n) is 36.0. The second kappa shape index (κ2) is 77.1. The highest BCUT2D eigenvalue weighted by Gasteiger charge is 2.54. The molecule has 0 radical (unpaired) electrons. The molecule has 0 aliphatic carbocycles. The summed E-state index contributed by atoms with van der Waals surface area (Å²) in [5.74, 6) is -0.230. The van der Waals surface area contributed by atoms with E-state index in [0.29, 0.717) is 12.8 Å². The molecule has 17 unspecified atom stereocenters. The zero-order valence-corrected chi connectivity index (χ0v) is 74.8. The van der Waals surface area contributed by atoms with Crippen molar-refractivity contribution in [3.05, 3.63) is 12.2 Å². The highest BCUT2D eigenvalue weighted by molar-refractivity contribution is 5.76. The van der Waals surface area contributed by atoms with Gasteiger partial charge in [0.05, 0.1) is 38.6 Å². The lowest BCUT2D eigenvalue weighted by Gasteiger charge is -2.48. The molecule has 3 saturated heterocycles. The molecule has 3 fully saturated rings. The van der Waals surface area contributed by atoms with Crippen molar-refractivity contribution < 1.29 is 89.4 Å². The van der Waals surface area contributed by atoms with Crippen LogP contribution in [0.4, 0.5) is 0 Å². The molecule has 0 aromatic rings. The van der Waals surface area contributed by atoms with E-state index in [0.717, 1.165) is 44.9 Å².